The van der Waals surface area contributed by atoms with Crippen LogP contribution in [0.3, 0.4) is 0 Å². The fraction of sp³-hybridized carbons (Fsp3) is 0.439. The average molecular weight is 1140 g/mol. The van der Waals surface area contributed by atoms with Crippen molar-refractivity contribution >= 4 is 78.4 Å². The molecule has 8 rings (SSSR count). The summed E-state index contributed by atoms with van der Waals surface area (Å²) in [4.78, 5) is 51.0. The maximum atomic E-state index is 14.2. The summed E-state index contributed by atoms with van der Waals surface area (Å²) in [6.45, 7) is 7.81. The molecule has 79 heavy (non-hydrogen) atoms. The van der Waals surface area contributed by atoms with Gasteiger partial charge in [-0.05, 0) is 91.4 Å². The van der Waals surface area contributed by atoms with E-state index in [-0.39, 0.29) is 43.2 Å². The molecule has 0 saturated heterocycles. The van der Waals surface area contributed by atoms with Crippen LogP contribution in [0.2, 0.25) is 0 Å². The summed E-state index contributed by atoms with van der Waals surface area (Å²) >= 11 is 0. The zero-order valence-electron chi connectivity index (χ0n) is 45.4. The first-order chi connectivity index (χ1) is 38.0. The van der Waals surface area contributed by atoms with E-state index in [0.717, 1.165) is 45.7 Å². The summed E-state index contributed by atoms with van der Waals surface area (Å²) in [5.41, 5.74) is 13.8. The number of methoxy groups -OCH3 is 3. The molecule has 4 aromatic carbocycles. The fourth-order valence-electron chi connectivity index (χ4n) is 10.0. The van der Waals surface area contributed by atoms with E-state index in [9.17, 15) is 27.4 Å². The van der Waals surface area contributed by atoms with E-state index in [2.05, 4.69) is 24.1 Å². The van der Waals surface area contributed by atoms with E-state index < -0.39 is 32.1 Å². The van der Waals surface area contributed by atoms with E-state index in [4.69, 9.17) is 43.9 Å². The summed E-state index contributed by atoms with van der Waals surface area (Å²) in [5, 5.41) is 1.49. The molecule has 3 amide bonds. The van der Waals surface area contributed by atoms with Gasteiger partial charge in [0.2, 0.25) is 5.91 Å². The largest absolute Gasteiger partial charge is 0.498 e. The van der Waals surface area contributed by atoms with Crippen molar-refractivity contribution in [2.75, 3.05) is 107 Å². The second-order valence-corrected chi connectivity index (χ2v) is 24.6. The first-order valence-electron chi connectivity index (χ1n) is 26.1. The van der Waals surface area contributed by atoms with Crippen LogP contribution in [0.1, 0.15) is 59.3 Å². The van der Waals surface area contributed by atoms with Gasteiger partial charge in [0.05, 0.1) is 82.4 Å². The third-order valence-corrected chi connectivity index (χ3v) is 18.4. The van der Waals surface area contributed by atoms with E-state index in [1.54, 1.807) is 44.4 Å². The van der Waals surface area contributed by atoms with Crippen molar-refractivity contribution in [1.29, 1.82) is 0 Å². The zero-order chi connectivity index (χ0) is 56.3. The molecule has 0 bridgehead atoms. The molecule has 3 atom stereocenters. The molecule has 3 aliphatic heterocycles. The zero-order valence-corrected chi connectivity index (χ0v) is 47.9. The van der Waals surface area contributed by atoms with E-state index >= 15 is 0 Å². The molecule has 4 aromatic rings. The Bertz CT molecular complexity index is 3060. The maximum Gasteiger partial charge on any atom is 0.276 e. The summed E-state index contributed by atoms with van der Waals surface area (Å²) in [6.07, 6.45) is 4.61. The molecule has 22 heteroatoms. The molecule has 0 saturated carbocycles. The lowest BCUT2D eigenvalue weighted by molar-refractivity contribution is -0.118. The van der Waals surface area contributed by atoms with Crippen LogP contribution in [0.5, 0.6) is 11.5 Å². The lowest BCUT2D eigenvalue weighted by Crippen LogP contribution is -2.39. The predicted octanol–water partition coefficient (Wildman–Crippen LogP) is 7.41. The number of nitrogens with two attached hydrogens (primary N) is 1. The number of rotatable bonds is 29. The smallest absolute Gasteiger partial charge is 0.276 e. The number of hydrogen-bond acceptors (Lipinski definition) is 17. The third-order valence-electron chi connectivity index (χ3n) is 13.9. The molecular weight excluding hydrogens is 1070 g/mol. The number of aliphatic imine (C=N–C) groups is 1. The van der Waals surface area contributed by atoms with Crippen LogP contribution in [0, 0.1) is 0 Å². The summed E-state index contributed by atoms with van der Waals surface area (Å²) in [6, 6.07) is 25.2. The number of ether oxygens (including phenoxy) is 7. The van der Waals surface area contributed by atoms with Crippen LogP contribution >= 0.6 is 21.6 Å². The second-order valence-electron chi connectivity index (χ2n) is 19.9. The van der Waals surface area contributed by atoms with E-state index in [1.165, 1.54) is 28.7 Å². The number of anilines is 4. The summed E-state index contributed by atoms with van der Waals surface area (Å²) in [5.74, 6) is 0.110. The number of primary amides is 1. The van der Waals surface area contributed by atoms with Gasteiger partial charge < -0.3 is 54.0 Å². The standard InChI is InChI=1S/C57H70N6O13S3/c1-57(2,78-77-24-16-53(54(58)64)79(67,68)69)36-61(18-19-73-22-23-74-21-20-70-4)41-26-37(34-75-51-31-45(59-3)43(29-49(51)71-5)55(65)62-17-15-39-11-7-9-13-47(39)62)25-38(27-41)35-76-52-32-46-44(30-50(52)72-6)56(66)63-42(33-60-46)28-40-12-8-10-14-48(40)63/h7-14,25-27,29-31,33,42,52-53,59H,15-24,28,32,34-36H2,1-6H3,(H2,58,64)(H,67,68,69)/t42-,52+,53?/m0/s1. The lowest BCUT2D eigenvalue weighted by atomic mass is 9.98. The highest BCUT2D eigenvalue weighted by Crippen LogP contribution is 2.41. The van der Waals surface area contributed by atoms with Crippen molar-refractivity contribution in [1.82, 2.24) is 0 Å². The highest BCUT2D eigenvalue weighted by Gasteiger charge is 2.39. The first-order valence-corrected chi connectivity index (χ1v) is 29.9. The monoisotopic (exact) mass is 1140 g/mol. The van der Waals surface area contributed by atoms with Gasteiger partial charge in [0, 0.05) is 86.5 Å². The third kappa shape index (κ3) is 14.6. The first kappa shape index (κ1) is 59.0. The number of carbonyl (C=O) groups excluding carboxylic acids is 3. The molecule has 4 aliphatic rings. The fourth-order valence-corrected chi connectivity index (χ4v) is 13.5. The SMILES string of the molecule is CNc1cc(OCc2cc(CO[C@@H]3CC4=C(C=C3OC)C(=O)N3c5ccccc5C[C@H]3C=N4)cc(N(CCOCCOCCOC)CC(C)(C)SSCCC(C(N)=O)S(=O)(=O)O)c2)c(OC)cc1C(=O)N1CCc2ccccc21. The number of nitrogens with one attached hydrogen (secondary N) is 1. The molecule has 3 heterocycles. The van der Waals surface area contributed by atoms with Gasteiger partial charge in [-0.3, -0.25) is 28.8 Å². The maximum absolute atomic E-state index is 14.2. The molecule has 0 fully saturated rings. The van der Waals surface area contributed by atoms with Gasteiger partial charge in [0.25, 0.3) is 21.9 Å². The predicted molar refractivity (Wildman–Crippen MR) is 309 cm³/mol. The molecule has 19 nitrogen and oxygen atoms in total. The van der Waals surface area contributed by atoms with Crippen LogP contribution < -0.4 is 35.2 Å². The highest BCUT2D eigenvalue weighted by atomic mass is 33.1. The number of amides is 3. The van der Waals surface area contributed by atoms with Gasteiger partial charge in [0.15, 0.2) is 16.7 Å². The summed E-state index contributed by atoms with van der Waals surface area (Å²) < 4.78 is 75.0. The van der Waals surface area contributed by atoms with Crippen molar-refractivity contribution in [3.63, 3.8) is 0 Å². The van der Waals surface area contributed by atoms with Crippen molar-refractivity contribution < 1.29 is 60.5 Å². The average Bonchev–Trinajstić information content (AvgIpc) is 4.27. The van der Waals surface area contributed by atoms with Gasteiger partial charge >= 0.3 is 0 Å². The number of nitrogens with zero attached hydrogens (tertiary/aromatic N) is 4. The van der Waals surface area contributed by atoms with E-state index in [0.29, 0.717) is 105 Å². The Morgan fingerprint density at radius 1 is 0.899 bits per heavy atom. The van der Waals surface area contributed by atoms with Crippen molar-refractivity contribution in [3.8, 4) is 11.5 Å². The Kier molecular flexibility index (Phi) is 20.1. The molecule has 0 spiro atoms. The van der Waals surface area contributed by atoms with Crippen LogP contribution in [0.25, 0.3) is 0 Å². The van der Waals surface area contributed by atoms with Crippen molar-refractivity contribution in [2.24, 2.45) is 10.7 Å². The topological polar surface area (TPSA) is 230 Å². The van der Waals surface area contributed by atoms with Crippen LogP contribution in [-0.4, -0.2) is 146 Å². The van der Waals surface area contributed by atoms with Gasteiger partial charge in [0.1, 0.15) is 18.5 Å². The normalized spacial score (nSPS) is 17.1. The van der Waals surface area contributed by atoms with Crippen molar-refractivity contribution in [3.05, 3.63) is 130 Å². The molecule has 1 unspecified atom stereocenters. The van der Waals surface area contributed by atoms with Crippen LogP contribution in [-0.2, 0) is 69.4 Å². The van der Waals surface area contributed by atoms with Crippen LogP contribution in [0.4, 0.5) is 22.7 Å². The number of hydrogen-bond donors (Lipinski definition) is 3. The lowest BCUT2D eigenvalue weighted by Gasteiger charge is -2.34. The molecule has 1 aliphatic carbocycles. The molecule has 4 N–H and O–H groups in total. The van der Waals surface area contributed by atoms with Crippen molar-refractivity contribution in [2.45, 2.75) is 74.9 Å². The Morgan fingerprint density at radius 3 is 2.32 bits per heavy atom. The van der Waals surface area contributed by atoms with Gasteiger partial charge in [-0.25, -0.2) is 0 Å². The Labute approximate surface area is 470 Å². The minimum Gasteiger partial charge on any atom is -0.498 e. The molecule has 424 valence electrons. The minimum absolute atomic E-state index is 0.0829. The molecular formula is C57H70N6O13S3. The number of fused-ring (bicyclic) bond motifs is 4. The highest BCUT2D eigenvalue weighted by molar-refractivity contribution is 8.77. The minimum atomic E-state index is -4.66. The Balaban J connectivity index is 1.07. The van der Waals surface area contributed by atoms with Gasteiger partial charge in [-0.2, -0.15) is 8.42 Å². The van der Waals surface area contributed by atoms with Gasteiger partial charge in [-0.15, -0.1) is 0 Å². The Hall–Kier alpha value is -6.11. The number of benzene rings is 4. The number of para-hydroxylation sites is 2. The van der Waals surface area contributed by atoms with Gasteiger partial charge in [-0.1, -0.05) is 58.0 Å². The van der Waals surface area contributed by atoms with E-state index in [1.807, 2.05) is 77.8 Å². The Morgan fingerprint density at radius 2 is 1.61 bits per heavy atom. The molecule has 0 aromatic heterocycles. The quantitative estimate of drug-likeness (QED) is 0.0273. The molecule has 0 radical (unpaired) electrons. The van der Waals surface area contributed by atoms with Crippen LogP contribution in [0.15, 0.2) is 107 Å². The second kappa shape index (κ2) is 26.9. The number of carbonyl (C=O) groups is 3. The summed E-state index contributed by atoms with van der Waals surface area (Å²) in [7, 11) is 4.70.